The van der Waals surface area contributed by atoms with Gasteiger partial charge >= 0.3 is 0 Å². The molecule has 1 rings (SSSR count). The van der Waals surface area contributed by atoms with Crippen molar-refractivity contribution in [3.63, 3.8) is 0 Å². The number of quaternary nitrogens is 2. The van der Waals surface area contributed by atoms with Crippen molar-refractivity contribution < 1.29 is 62.3 Å². The van der Waals surface area contributed by atoms with Gasteiger partial charge in [0.2, 0.25) is 0 Å². The molecule has 1 fully saturated rings. The van der Waals surface area contributed by atoms with Crippen molar-refractivity contribution in [3.05, 3.63) is 0 Å². The van der Waals surface area contributed by atoms with Gasteiger partial charge in [0.05, 0.1) is 67.7 Å². The van der Waals surface area contributed by atoms with Gasteiger partial charge in [-0.15, -0.1) is 0 Å². The van der Waals surface area contributed by atoms with E-state index in [0.717, 1.165) is 99.5 Å². The number of amides is 2. The molecule has 0 heterocycles. The zero-order chi connectivity index (χ0) is 74.5. The number of nitrogens with zero attached hydrogens (tertiary/aromatic N) is 2. The summed E-state index contributed by atoms with van der Waals surface area (Å²) >= 11 is 0. The number of carbonyl (C=O) groups is 2. The van der Waals surface area contributed by atoms with E-state index < -0.39 is 0 Å². The Morgan fingerprint density at radius 3 is 0.796 bits per heavy atom. The third-order valence-electron chi connectivity index (χ3n) is 22.8. The van der Waals surface area contributed by atoms with Crippen LogP contribution in [0.2, 0.25) is 0 Å². The lowest BCUT2D eigenvalue weighted by molar-refractivity contribution is -0.862. The zero-order valence-corrected chi connectivity index (χ0v) is 73.7. The Hall–Kier alpha value is -0.720. The molecular weight excluding hydrogens is 1320 g/mol. The van der Waals surface area contributed by atoms with Gasteiger partial charge < -0.3 is 63.4 Å². The molecule has 103 heavy (non-hydrogen) atoms. The van der Waals surface area contributed by atoms with Crippen LogP contribution in [-0.4, -0.2) is 141 Å². The molecule has 2 N–H and O–H groups in total. The lowest BCUT2D eigenvalue weighted by atomic mass is 9.91. The minimum absolute atomic E-state index is 0. The van der Waals surface area contributed by atoms with Crippen molar-refractivity contribution in [1.82, 2.24) is 10.6 Å². The molecule has 1 aliphatic carbocycles. The topological polar surface area (TPSA) is 95.1 Å². The summed E-state index contributed by atoms with van der Waals surface area (Å²) in [5, 5.41) is 6.28. The summed E-state index contributed by atoms with van der Waals surface area (Å²) in [4.78, 5) is 25.3. The number of unbranched alkanes of at least 4 members (excludes halogenated alkanes) is 24. The van der Waals surface area contributed by atoms with Crippen LogP contribution in [0.25, 0.3) is 0 Å². The molecule has 618 valence electrons. The van der Waals surface area contributed by atoms with Gasteiger partial charge in [0.15, 0.2) is 13.1 Å². The van der Waals surface area contributed by atoms with E-state index in [9.17, 15) is 9.59 Å². The molecule has 0 spiro atoms. The zero-order valence-electron chi connectivity index (χ0n) is 72.2. The highest BCUT2D eigenvalue weighted by molar-refractivity contribution is 5.77. The lowest BCUT2D eigenvalue weighted by Crippen LogP contribution is -3.00. The van der Waals surface area contributed by atoms with Crippen LogP contribution in [0.5, 0.6) is 0 Å². The first-order valence-corrected chi connectivity index (χ1v) is 44.9. The summed E-state index contributed by atoms with van der Waals surface area (Å²) in [6.45, 7) is 30.1. The third-order valence-corrected chi connectivity index (χ3v) is 22.8. The highest BCUT2D eigenvalue weighted by Crippen LogP contribution is 2.37. The molecule has 0 radical (unpaired) electrons. The van der Waals surface area contributed by atoms with Crippen LogP contribution in [-0.2, 0) is 28.5 Å². The number of likely N-dealkylation sites (N-methyl/N-ethyl adjacent to an activating group) is 2. The van der Waals surface area contributed by atoms with Crippen molar-refractivity contribution in [1.29, 1.82) is 0 Å². The Bertz CT molecular complexity index is 1690. The molecule has 0 aliphatic heterocycles. The molecule has 0 bridgehead atoms. The van der Waals surface area contributed by atoms with Crippen LogP contribution in [0, 0.1) is 59.2 Å². The van der Waals surface area contributed by atoms with Crippen molar-refractivity contribution >= 4 is 11.8 Å². The van der Waals surface area contributed by atoms with Gasteiger partial charge in [-0.05, 0) is 91.3 Å². The van der Waals surface area contributed by atoms with Gasteiger partial charge in [-0.25, -0.2) is 0 Å². The molecule has 0 aromatic carbocycles. The fourth-order valence-corrected chi connectivity index (χ4v) is 15.8. The minimum Gasteiger partial charge on any atom is -1.00 e. The van der Waals surface area contributed by atoms with E-state index in [2.05, 4.69) is 122 Å². The second-order valence-corrected chi connectivity index (χ2v) is 37.5. The molecular formula is C91H184Cl2N4O6. The highest BCUT2D eigenvalue weighted by Gasteiger charge is 2.24. The Balaban J connectivity index is 0. The van der Waals surface area contributed by atoms with Crippen molar-refractivity contribution in [3.8, 4) is 0 Å². The predicted octanol–water partition coefficient (Wildman–Crippen LogP) is 18.7. The quantitative estimate of drug-likeness (QED) is 0.0465. The average Bonchev–Trinajstić information content (AvgIpc) is 1.93. The summed E-state index contributed by atoms with van der Waals surface area (Å²) in [6, 6.07) is 0. The molecule has 0 aromatic heterocycles. The Kier molecular flexibility index (Phi) is 71.3. The second-order valence-electron chi connectivity index (χ2n) is 37.5. The number of hydrogen-bond donors (Lipinski definition) is 2. The summed E-state index contributed by atoms with van der Waals surface area (Å²) < 4.78 is 26.4. The van der Waals surface area contributed by atoms with Gasteiger partial charge in [0.25, 0.3) is 11.8 Å². The fourth-order valence-electron chi connectivity index (χ4n) is 15.8. The van der Waals surface area contributed by atoms with E-state index >= 15 is 0 Å². The normalized spacial score (nSPS) is 16.7. The molecule has 2 unspecified atom stereocenters. The molecule has 10 nitrogen and oxygen atoms in total. The summed E-state index contributed by atoms with van der Waals surface area (Å²) in [6.07, 6.45) is 69.8. The number of carbonyl (C=O) groups excluding carboxylic acids is 2. The van der Waals surface area contributed by atoms with Crippen LogP contribution >= 0.6 is 0 Å². The van der Waals surface area contributed by atoms with E-state index in [1.165, 1.54) is 302 Å². The number of halogens is 2. The highest BCUT2D eigenvalue weighted by atomic mass is 35.5. The first-order chi connectivity index (χ1) is 48.4. The summed E-state index contributed by atoms with van der Waals surface area (Å²) in [7, 11) is 12.3. The van der Waals surface area contributed by atoms with Gasteiger partial charge in [0, 0.05) is 39.5 Å². The van der Waals surface area contributed by atoms with E-state index in [4.69, 9.17) is 18.9 Å². The van der Waals surface area contributed by atoms with Crippen LogP contribution in [0.1, 0.15) is 397 Å². The lowest BCUT2D eigenvalue weighted by Gasteiger charge is -2.24. The molecule has 2 amide bonds. The minimum atomic E-state index is -0.0935. The van der Waals surface area contributed by atoms with Gasteiger partial charge in [-0.2, -0.15) is 0 Å². The van der Waals surface area contributed by atoms with E-state index in [1.807, 2.05) is 0 Å². The SMILES string of the molecule is CC(C)CCC[C@@H](C)CCC[C@@H](C)CCCC(C)CCO[C@H](CNC(=O)C[N+](C)(C)C)COCCCCCCCCCCCCCCC[C@@H]1CC[C@H](CCCCCCCCCCCCCCCOC[C@@H](CNC(=O)C[N+](C)(C)C)OCCC(C)CCC[C@H](C)CCC[C@H](C)CCCC(C)C)C1.[Cl-].[Cl-]. The third kappa shape index (κ3) is 73.8. The first kappa shape index (κ1) is 104. The first-order valence-electron chi connectivity index (χ1n) is 44.9. The average molecular weight is 1500 g/mol. The molecule has 0 saturated heterocycles. The standard InChI is InChI=1S/C91H182N4O6.2ClH/c1-78(2)49-43-51-80(5)53-45-55-82(7)57-47-59-84(9)65-69-100-88(72-92-90(96)74-94(11,12)13)76-98-67-41-37-33-29-25-21-17-19-23-27-31-35-39-61-86-63-64-87(71-86)62-40-36-32-28-24-20-18-22-26-30-34-38-42-68-99-77-89(73-93-91(97)75-95(14,15)16)101-70-66-85(10)60-48-58-83(8)56-46-54-81(6)52-44-50-79(3)4;;/h78-89H,17-77H2,1-16H3;2*1H/t80-,81-,82-,83-,84?,85?,86-,87+,88-,89-;;/m1../s1. The summed E-state index contributed by atoms with van der Waals surface area (Å²) in [5.41, 5.74) is 0. The molecule has 10 atom stereocenters. The van der Waals surface area contributed by atoms with Gasteiger partial charge in [-0.1, -0.05) is 365 Å². The van der Waals surface area contributed by atoms with E-state index in [0.29, 0.717) is 60.2 Å². The largest absolute Gasteiger partial charge is 1.00 e. The number of hydrogen-bond acceptors (Lipinski definition) is 6. The second kappa shape index (κ2) is 70.4. The van der Waals surface area contributed by atoms with Crippen LogP contribution < -0.4 is 35.4 Å². The fraction of sp³-hybridized carbons (Fsp3) is 0.978. The predicted molar refractivity (Wildman–Crippen MR) is 440 cm³/mol. The van der Waals surface area contributed by atoms with Crippen LogP contribution in [0.15, 0.2) is 0 Å². The van der Waals surface area contributed by atoms with Crippen LogP contribution in [0.4, 0.5) is 0 Å². The maximum Gasteiger partial charge on any atom is 0.275 e. The number of ether oxygens (including phenoxy) is 4. The molecule has 1 aliphatic rings. The molecule has 0 aromatic rings. The molecule has 12 heteroatoms. The summed E-state index contributed by atoms with van der Waals surface area (Å²) in [5.74, 6) is 8.60. The Morgan fingerprint density at radius 1 is 0.311 bits per heavy atom. The molecule has 1 saturated carbocycles. The Morgan fingerprint density at radius 2 is 0.544 bits per heavy atom. The number of nitrogens with one attached hydrogen (secondary N) is 2. The monoisotopic (exact) mass is 1500 g/mol. The maximum atomic E-state index is 12.7. The smallest absolute Gasteiger partial charge is 0.275 e. The van der Waals surface area contributed by atoms with E-state index in [1.54, 1.807) is 0 Å². The van der Waals surface area contributed by atoms with E-state index in [-0.39, 0.29) is 48.8 Å². The van der Waals surface area contributed by atoms with Crippen molar-refractivity contribution in [2.45, 2.75) is 409 Å². The van der Waals surface area contributed by atoms with Crippen molar-refractivity contribution in [2.75, 3.05) is 108 Å². The van der Waals surface area contributed by atoms with Crippen molar-refractivity contribution in [2.24, 2.45) is 59.2 Å². The van der Waals surface area contributed by atoms with Gasteiger partial charge in [0.1, 0.15) is 0 Å². The number of rotatable bonds is 76. The van der Waals surface area contributed by atoms with Crippen LogP contribution in [0.3, 0.4) is 0 Å². The van der Waals surface area contributed by atoms with Gasteiger partial charge in [-0.3, -0.25) is 9.59 Å². The maximum absolute atomic E-state index is 12.7. The Labute approximate surface area is 657 Å².